The maximum atomic E-state index is 12.8. The number of hydrogen-bond acceptors (Lipinski definition) is 4. The quantitative estimate of drug-likeness (QED) is 0.799. The molecule has 5 heteroatoms. The molecule has 3 aliphatic rings. The van der Waals surface area contributed by atoms with Gasteiger partial charge in [-0.1, -0.05) is 18.2 Å². The van der Waals surface area contributed by atoms with Crippen molar-refractivity contribution in [2.45, 2.75) is 54.4 Å². The topological polar surface area (TPSA) is 75.0 Å². The van der Waals surface area contributed by atoms with Crippen LogP contribution in [-0.4, -0.2) is 24.7 Å². The number of sulfone groups is 1. The van der Waals surface area contributed by atoms with Gasteiger partial charge in [0, 0.05) is 11.5 Å². The highest BCUT2D eigenvalue weighted by atomic mass is 32.2. The van der Waals surface area contributed by atoms with Gasteiger partial charge in [0.1, 0.15) is 0 Å². The summed E-state index contributed by atoms with van der Waals surface area (Å²) in [4.78, 5) is 12.8. The summed E-state index contributed by atoms with van der Waals surface area (Å²) in [6.07, 6.45) is 4.04. The number of nitriles is 1. The number of rotatable bonds is 3. The summed E-state index contributed by atoms with van der Waals surface area (Å²) in [6.45, 7) is 0. The van der Waals surface area contributed by atoms with Crippen LogP contribution in [0.3, 0.4) is 0 Å². The van der Waals surface area contributed by atoms with Crippen molar-refractivity contribution in [1.29, 1.82) is 5.26 Å². The van der Waals surface area contributed by atoms with E-state index in [9.17, 15) is 18.5 Å². The molecule has 2 atom stereocenters. The van der Waals surface area contributed by atoms with Crippen molar-refractivity contribution in [2.75, 3.05) is 0 Å². The fourth-order valence-electron chi connectivity index (χ4n) is 4.22. The standard InChI is InChI=1S/C18H19NO3S/c19-11-18(6-7-18)14-3-1-2-12(8-14)17(20)13-9-15-4-5-16(10-13)23(15,21)22/h1-3,8,13,15-16H,4-7,9-10H2. The largest absolute Gasteiger partial charge is 0.294 e. The van der Waals surface area contributed by atoms with Gasteiger partial charge in [0.05, 0.1) is 22.0 Å². The first-order valence-electron chi connectivity index (χ1n) is 8.25. The summed E-state index contributed by atoms with van der Waals surface area (Å²) >= 11 is 0. The molecule has 120 valence electrons. The van der Waals surface area contributed by atoms with Gasteiger partial charge < -0.3 is 0 Å². The molecule has 0 radical (unpaired) electrons. The summed E-state index contributed by atoms with van der Waals surface area (Å²) < 4.78 is 24.3. The smallest absolute Gasteiger partial charge is 0.166 e. The van der Waals surface area contributed by atoms with Crippen molar-refractivity contribution in [2.24, 2.45) is 5.92 Å². The van der Waals surface area contributed by atoms with Gasteiger partial charge in [-0.3, -0.25) is 4.79 Å². The van der Waals surface area contributed by atoms with E-state index in [0.717, 1.165) is 18.4 Å². The van der Waals surface area contributed by atoms with E-state index in [-0.39, 0.29) is 22.2 Å². The van der Waals surface area contributed by atoms with E-state index in [1.165, 1.54) is 0 Å². The van der Waals surface area contributed by atoms with Crippen molar-refractivity contribution < 1.29 is 13.2 Å². The van der Waals surface area contributed by atoms with Gasteiger partial charge in [-0.2, -0.15) is 5.26 Å². The van der Waals surface area contributed by atoms with Crippen LogP contribution in [0.2, 0.25) is 0 Å². The van der Waals surface area contributed by atoms with Crippen LogP contribution < -0.4 is 0 Å². The monoisotopic (exact) mass is 329 g/mol. The number of ketones is 1. The van der Waals surface area contributed by atoms with E-state index in [0.29, 0.717) is 31.2 Å². The number of carbonyl (C=O) groups is 1. The molecule has 2 unspecified atom stereocenters. The van der Waals surface area contributed by atoms with E-state index in [2.05, 4.69) is 6.07 Å². The lowest BCUT2D eigenvalue weighted by molar-refractivity contribution is 0.0905. The van der Waals surface area contributed by atoms with Crippen LogP contribution in [0.5, 0.6) is 0 Å². The molecule has 4 nitrogen and oxygen atoms in total. The van der Waals surface area contributed by atoms with Crippen molar-refractivity contribution in [1.82, 2.24) is 0 Å². The fraction of sp³-hybridized carbons (Fsp3) is 0.556. The molecule has 1 saturated carbocycles. The first kappa shape index (κ1) is 14.9. The molecule has 2 heterocycles. The summed E-state index contributed by atoms with van der Waals surface area (Å²) in [5.41, 5.74) is 1.16. The Morgan fingerprint density at radius 2 is 1.83 bits per heavy atom. The maximum absolute atomic E-state index is 12.8. The SMILES string of the molecule is N#CC1(c2cccc(C(=O)C3CC4CCC(C3)S4(=O)=O)c2)CC1. The second kappa shape index (κ2) is 4.91. The van der Waals surface area contributed by atoms with E-state index in [1.54, 1.807) is 6.07 Å². The number of Topliss-reactive ketones (excluding diaryl/α,β-unsaturated/α-hetero) is 1. The van der Waals surface area contributed by atoms with E-state index < -0.39 is 15.3 Å². The maximum Gasteiger partial charge on any atom is 0.166 e. The van der Waals surface area contributed by atoms with Crippen molar-refractivity contribution in [3.05, 3.63) is 35.4 Å². The Balaban J connectivity index is 1.59. The van der Waals surface area contributed by atoms with Gasteiger partial charge in [0.15, 0.2) is 15.6 Å². The molecule has 0 spiro atoms. The lowest BCUT2D eigenvalue weighted by Crippen LogP contribution is -2.36. The average Bonchev–Trinajstić information content (AvgIpc) is 3.33. The zero-order valence-electron chi connectivity index (χ0n) is 12.9. The summed E-state index contributed by atoms with van der Waals surface area (Å²) in [5.74, 6) is -0.143. The number of carbonyl (C=O) groups excluding carboxylic acids is 1. The van der Waals surface area contributed by atoms with Gasteiger partial charge >= 0.3 is 0 Å². The molecular weight excluding hydrogens is 310 g/mol. The minimum Gasteiger partial charge on any atom is -0.294 e. The molecule has 3 fully saturated rings. The molecular formula is C18H19NO3S. The van der Waals surface area contributed by atoms with Crippen LogP contribution in [0, 0.1) is 17.2 Å². The Hall–Kier alpha value is -1.67. The second-order valence-corrected chi connectivity index (χ2v) is 9.73. The van der Waals surface area contributed by atoms with Gasteiger partial charge in [-0.05, 0) is 50.2 Å². The van der Waals surface area contributed by atoms with Crippen LogP contribution in [0.1, 0.15) is 54.4 Å². The minimum absolute atomic E-state index is 0.0485. The third-order valence-electron chi connectivity index (χ3n) is 5.87. The Bertz CT molecular complexity index is 797. The zero-order valence-corrected chi connectivity index (χ0v) is 13.7. The van der Waals surface area contributed by atoms with E-state index in [4.69, 9.17) is 0 Å². The predicted molar refractivity (Wildman–Crippen MR) is 85.8 cm³/mol. The van der Waals surface area contributed by atoms with Crippen molar-refractivity contribution in [3.63, 3.8) is 0 Å². The molecule has 23 heavy (non-hydrogen) atoms. The Kier molecular flexibility index (Phi) is 3.18. The highest BCUT2D eigenvalue weighted by Crippen LogP contribution is 2.48. The molecule has 4 rings (SSSR count). The van der Waals surface area contributed by atoms with Gasteiger partial charge in [0.25, 0.3) is 0 Å². The fourth-order valence-corrected chi connectivity index (χ4v) is 6.69. The van der Waals surface area contributed by atoms with Gasteiger partial charge in [0.2, 0.25) is 0 Å². The molecule has 0 aromatic heterocycles. The molecule has 2 bridgehead atoms. The Morgan fingerprint density at radius 1 is 1.17 bits per heavy atom. The lowest BCUT2D eigenvalue weighted by Gasteiger charge is -2.27. The van der Waals surface area contributed by atoms with Gasteiger partial charge in [-0.25, -0.2) is 8.42 Å². The van der Waals surface area contributed by atoms with E-state index in [1.807, 2.05) is 18.2 Å². The molecule has 1 aliphatic carbocycles. The average molecular weight is 329 g/mol. The first-order valence-corrected chi connectivity index (χ1v) is 9.86. The molecule has 2 saturated heterocycles. The number of nitrogens with zero attached hydrogens (tertiary/aromatic N) is 1. The number of fused-ring (bicyclic) bond motifs is 2. The summed E-state index contributed by atoms with van der Waals surface area (Å²) in [5, 5.41) is 8.67. The molecule has 1 aromatic rings. The summed E-state index contributed by atoms with van der Waals surface area (Å²) in [6, 6.07) is 9.77. The zero-order chi connectivity index (χ0) is 16.2. The second-order valence-electron chi connectivity index (χ2n) is 7.22. The lowest BCUT2D eigenvalue weighted by atomic mass is 9.88. The number of benzene rings is 1. The van der Waals surface area contributed by atoms with Crippen LogP contribution in [-0.2, 0) is 15.3 Å². The normalized spacial score (nSPS) is 32.9. The molecule has 0 N–H and O–H groups in total. The van der Waals surface area contributed by atoms with Gasteiger partial charge in [-0.15, -0.1) is 0 Å². The third kappa shape index (κ3) is 2.23. The number of hydrogen-bond donors (Lipinski definition) is 0. The first-order chi connectivity index (χ1) is 11.0. The molecule has 1 aromatic carbocycles. The third-order valence-corrected chi connectivity index (χ3v) is 8.58. The Morgan fingerprint density at radius 3 is 2.39 bits per heavy atom. The predicted octanol–water partition coefficient (Wildman–Crippen LogP) is 2.78. The highest BCUT2D eigenvalue weighted by molar-refractivity contribution is 7.93. The van der Waals surface area contributed by atoms with Crippen molar-refractivity contribution >= 4 is 15.6 Å². The van der Waals surface area contributed by atoms with Crippen molar-refractivity contribution in [3.8, 4) is 6.07 Å². The van der Waals surface area contributed by atoms with Crippen LogP contribution >= 0.6 is 0 Å². The molecule has 2 aliphatic heterocycles. The highest BCUT2D eigenvalue weighted by Gasteiger charge is 2.49. The minimum atomic E-state index is -3.00. The molecule has 0 amide bonds. The van der Waals surface area contributed by atoms with Crippen LogP contribution in [0.15, 0.2) is 24.3 Å². The Labute approximate surface area is 136 Å². The summed E-state index contributed by atoms with van der Waals surface area (Å²) in [7, 11) is -3.00. The van der Waals surface area contributed by atoms with E-state index >= 15 is 0 Å². The van der Waals surface area contributed by atoms with Crippen LogP contribution in [0.25, 0.3) is 0 Å². The van der Waals surface area contributed by atoms with Crippen LogP contribution in [0.4, 0.5) is 0 Å².